The summed E-state index contributed by atoms with van der Waals surface area (Å²) in [7, 11) is 0. The van der Waals surface area contributed by atoms with Crippen LogP contribution in [0.3, 0.4) is 0 Å². The van der Waals surface area contributed by atoms with Gasteiger partial charge in [0.1, 0.15) is 12.4 Å². The minimum absolute atomic E-state index is 0.0493. The van der Waals surface area contributed by atoms with Gasteiger partial charge in [0.15, 0.2) is 6.10 Å². The Morgan fingerprint density at radius 2 is 2.10 bits per heavy atom. The highest BCUT2D eigenvalue weighted by Gasteiger charge is 2.37. The van der Waals surface area contributed by atoms with Crippen molar-refractivity contribution in [1.29, 1.82) is 0 Å². The molecule has 0 aliphatic rings. The fourth-order valence-electron chi connectivity index (χ4n) is 1.31. The standard InChI is InChI=1S/C12H14F3NO4/c13-12(14,15)10(17)7-16-4-5-20-9-3-1-2-8(6-9)11(18)19/h1-3,6,10,16-17H,4-5,7H2,(H,18,19). The maximum atomic E-state index is 12.0. The van der Waals surface area contributed by atoms with Crippen LogP contribution in [0.25, 0.3) is 0 Å². The van der Waals surface area contributed by atoms with E-state index in [4.69, 9.17) is 14.9 Å². The molecule has 3 N–H and O–H groups in total. The number of hydrogen-bond donors (Lipinski definition) is 3. The highest BCUT2D eigenvalue weighted by atomic mass is 19.4. The van der Waals surface area contributed by atoms with Gasteiger partial charge in [-0.25, -0.2) is 4.79 Å². The second-order valence-corrected chi connectivity index (χ2v) is 3.94. The normalized spacial score (nSPS) is 13.0. The lowest BCUT2D eigenvalue weighted by molar-refractivity contribution is -0.201. The van der Waals surface area contributed by atoms with Crippen LogP contribution in [0.1, 0.15) is 10.4 Å². The third kappa shape index (κ3) is 5.45. The molecule has 0 heterocycles. The van der Waals surface area contributed by atoms with E-state index in [1.165, 1.54) is 24.3 Å². The average molecular weight is 293 g/mol. The molecule has 20 heavy (non-hydrogen) atoms. The van der Waals surface area contributed by atoms with Crippen molar-refractivity contribution >= 4 is 5.97 Å². The van der Waals surface area contributed by atoms with Crippen molar-refractivity contribution in [1.82, 2.24) is 5.32 Å². The van der Waals surface area contributed by atoms with Crippen molar-refractivity contribution in [3.05, 3.63) is 29.8 Å². The molecule has 0 bridgehead atoms. The van der Waals surface area contributed by atoms with Crippen molar-refractivity contribution in [2.24, 2.45) is 0 Å². The minimum Gasteiger partial charge on any atom is -0.492 e. The largest absolute Gasteiger partial charge is 0.492 e. The van der Waals surface area contributed by atoms with E-state index in [0.29, 0.717) is 5.75 Å². The molecule has 0 aromatic heterocycles. The number of benzene rings is 1. The number of hydrogen-bond acceptors (Lipinski definition) is 4. The summed E-state index contributed by atoms with van der Waals surface area (Å²) in [6.45, 7) is -0.486. The van der Waals surface area contributed by atoms with Crippen LogP contribution >= 0.6 is 0 Å². The third-order valence-corrected chi connectivity index (χ3v) is 2.34. The van der Waals surface area contributed by atoms with Crippen LogP contribution in [0.5, 0.6) is 5.75 Å². The van der Waals surface area contributed by atoms with E-state index in [9.17, 15) is 18.0 Å². The average Bonchev–Trinajstić information content (AvgIpc) is 2.37. The molecule has 0 aliphatic carbocycles. The van der Waals surface area contributed by atoms with Crippen molar-refractivity contribution in [2.45, 2.75) is 12.3 Å². The first-order valence-electron chi connectivity index (χ1n) is 5.72. The Balaban J connectivity index is 2.28. The smallest absolute Gasteiger partial charge is 0.415 e. The van der Waals surface area contributed by atoms with Gasteiger partial charge in [-0.1, -0.05) is 6.07 Å². The number of rotatable bonds is 7. The molecule has 5 nitrogen and oxygen atoms in total. The van der Waals surface area contributed by atoms with E-state index >= 15 is 0 Å². The lowest BCUT2D eigenvalue weighted by atomic mass is 10.2. The summed E-state index contributed by atoms with van der Waals surface area (Å²) in [4.78, 5) is 10.7. The summed E-state index contributed by atoms with van der Waals surface area (Å²) in [6, 6.07) is 5.75. The second-order valence-electron chi connectivity index (χ2n) is 3.94. The Morgan fingerprint density at radius 3 is 2.70 bits per heavy atom. The number of nitrogens with one attached hydrogen (secondary N) is 1. The Hall–Kier alpha value is -1.80. The summed E-state index contributed by atoms with van der Waals surface area (Å²) < 4.78 is 41.1. The molecule has 0 aliphatic heterocycles. The molecule has 0 radical (unpaired) electrons. The number of carboxylic acids is 1. The van der Waals surface area contributed by atoms with Gasteiger partial charge >= 0.3 is 12.1 Å². The van der Waals surface area contributed by atoms with Crippen molar-refractivity contribution < 1.29 is 32.9 Å². The van der Waals surface area contributed by atoms with Gasteiger partial charge < -0.3 is 20.3 Å². The van der Waals surface area contributed by atoms with Crippen LogP contribution in [0, 0.1) is 0 Å². The Morgan fingerprint density at radius 1 is 1.40 bits per heavy atom. The number of carbonyl (C=O) groups is 1. The first-order chi connectivity index (χ1) is 9.30. The molecule has 1 rings (SSSR count). The molecule has 112 valence electrons. The van der Waals surface area contributed by atoms with Gasteiger partial charge in [0.05, 0.1) is 5.56 Å². The number of alkyl halides is 3. The van der Waals surface area contributed by atoms with E-state index in [2.05, 4.69) is 5.32 Å². The van der Waals surface area contributed by atoms with E-state index in [1.807, 2.05) is 0 Å². The first-order valence-corrected chi connectivity index (χ1v) is 5.72. The molecule has 1 aromatic carbocycles. The lowest BCUT2D eigenvalue weighted by Gasteiger charge is -2.15. The Bertz CT molecular complexity index is 451. The molecular weight excluding hydrogens is 279 g/mol. The third-order valence-electron chi connectivity index (χ3n) is 2.34. The predicted molar refractivity (Wildman–Crippen MR) is 63.8 cm³/mol. The summed E-state index contributed by atoms with van der Waals surface area (Å²) in [5.74, 6) is -0.787. The zero-order valence-corrected chi connectivity index (χ0v) is 10.4. The first kappa shape index (κ1) is 16.3. The van der Waals surface area contributed by atoms with Crippen LogP contribution in [0.15, 0.2) is 24.3 Å². The fraction of sp³-hybridized carbons (Fsp3) is 0.417. The molecule has 0 saturated heterocycles. The number of aromatic carboxylic acids is 1. The zero-order valence-electron chi connectivity index (χ0n) is 10.4. The van der Waals surface area contributed by atoms with E-state index in [0.717, 1.165) is 0 Å². The Kier molecular flexibility index (Phi) is 5.78. The second kappa shape index (κ2) is 7.11. The van der Waals surface area contributed by atoms with Crippen LogP contribution in [-0.2, 0) is 0 Å². The summed E-state index contributed by atoms with van der Waals surface area (Å²) >= 11 is 0. The molecule has 1 aromatic rings. The number of carboxylic acid groups (broad SMARTS) is 1. The number of ether oxygens (including phenoxy) is 1. The quantitative estimate of drug-likeness (QED) is 0.660. The topological polar surface area (TPSA) is 78.8 Å². The highest BCUT2D eigenvalue weighted by molar-refractivity contribution is 5.87. The SMILES string of the molecule is O=C(O)c1cccc(OCCNCC(O)C(F)(F)F)c1. The molecule has 0 amide bonds. The van der Waals surface area contributed by atoms with Gasteiger partial charge in [0, 0.05) is 13.1 Å². The minimum atomic E-state index is -4.65. The van der Waals surface area contributed by atoms with Crippen molar-refractivity contribution in [3.63, 3.8) is 0 Å². The van der Waals surface area contributed by atoms with E-state index < -0.39 is 24.8 Å². The molecular formula is C12H14F3NO4. The van der Waals surface area contributed by atoms with Gasteiger partial charge in [0.2, 0.25) is 0 Å². The van der Waals surface area contributed by atoms with E-state index in [1.54, 1.807) is 0 Å². The van der Waals surface area contributed by atoms with Gasteiger partial charge in [-0.2, -0.15) is 13.2 Å². The van der Waals surface area contributed by atoms with Crippen LogP contribution in [0.2, 0.25) is 0 Å². The number of halogens is 3. The molecule has 1 atom stereocenters. The fourth-order valence-corrected chi connectivity index (χ4v) is 1.31. The molecule has 1 unspecified atom stereocenters. The molecule has 8 heteroatoms. The van der Waals surface area contributed by atoms with Crippen molar-refractivity contribution in [3.8, 4) is 5.75 Å². The number of aliphatic hydroxyl groups is 1. The van der Waals surface area contributed by atoms with Gasteiger partial charge in [0.25, 0.3) is 0 Å². The summed E-state index contributed by atoms with van der Waals surface area (Å²) in [5.41, 5.74) is 0.0583. The van der Waals surface area contributed by atoms with Crippen LogP contribution in [0.4, 0.5) is 13.2 Å². The highest BCUT2D eigenvalue weighted by Crippen LogP contribution is 2.19. The van der Waals surface area contributed by atoms with E-state index in [-0.39, 0.29) is 18.7 Å². The van der Waals surface area contributed by atoms with Gasteiger partial charge in [-0.15, -0.1) is 0 Å². The maximum Gasteiger partial charge on any atom is 0.415 e. The predicted octanol–water partition coefficient (Wildman–Crippen LogP) is 1.28. The van der Waals surface area contributed by atoms with Gasteiger partial charge in [-0.3, -0.25) is 0 Å². The maximum absolute atomic E-state index is 12.0. The van der Waals surface area contributed by atoms with Crippen LogP contribution in [-0.4, -0.2) is 48.2 Å². The summed E-state index contributed by atoms with van der Waals surface area (Å²) in [5, 5.41) is 19.8. The van der Waals surface area contributed by atoms with Crippen LogP contribution < -0.4 is 10.1 Å². The summed E-state index contributed by atoms with van der Waals surface area (Å²) in [6.07, 6.45) is -7.07. The van der Waals surface area contributed by atoms with Gasteiger partial charge in [-0.05, 0) is 18.2 Å². The molecule has 0 spiro atoms. The Labute approximate surface area is 113 Å². The zero-order chi connectivity index (χ0) is 15.2. The van der Waals surface area contributed by atoms with Crippen molar-refractivity contribution in [2.75, 3.05) is 19.7 Å². The molecule has 0 saturated carbocycles. The number of aliphatic hydroxyl groups excluding tert-OH is 1. The lowest BCUT2D eigenvalue weighted by Crippen LogP contribution is -2.39. The monoisotopic (exact) mass is 293 g/mol. The molecule has 0 fully saturated rings.